The van der Waals surface area contributed by atoms with Gasteiger partial charge in [-0.3, -0.25) is 5.32 Å². The minimum Gasteiger partial charge on any atom is -0.381 e. The smallest absolute Gasteiger partial charge is 0.240 e. The van der Waals surface area contributed by atoms with Crippen molar-refractivity contribution >= 4 is 15.9 Å². The van der Waals surface area contributed by atoms with Gasteiger partial charge in [0.05, 0.1) is 13.1 Å². The lowest BCUT2D eigenvalue weighted by Crippen LogP contribution is -2.46. The van der Waals surface area contributed by atoms with Gasteiger partial charge in [0.2, 0.25) is 5.89 Å². The Morgan fingerprint density at radius 3 is 2.59 bits per heavy atom. The summed E-state index contributed by atoms with van der Waals surface area (Å²) < 4.78 is 11.7. The Hall–Kier alpha value is -1.28. The fraction of sp³-hybridized carbons (Fsp3) is 0.467. The predicted molar refractivity (Wildman–Crippen MR) is 84.9 cm³/mol. The monoisotopic (exact) mass is 366 g/mol. The van der Waals surface area contributed by atoms with E-state index >= 15 is 0 Å². The van der Waals surface area contributed by atoms with E-state index in [1.165, 1.54) is 5.56 Å². The predicted octanol–water partition coefficient (Wildman–Crippen LogP) is 2.09. The highest BCUT2D eigenvalue weighted by Gasteiger charge is 2.34. The first-order valence-corrected chi connectivity index (χ1v) is 8.11. The van der Waals surface area contributed by atoms with Gasteiger partial charge >= 0.3 is 0 Å². The number of nitrogens with one attached hydrogen (secondary N) is 1. The Labute approximate surface area is 137 Å². The van der Waals surface area contributed by atoms with Gasteiger partial charge in [0, 0.05) is 23.2 Å². The molecule has 22 heavy (non-hydrogen) atoms. The molecule has 0 unspecified atom stereocenters. The van der Waals surface area contributed by atoms with Gasteiger partial charge < -0.3 is 15.0 Å². The fourth-order valence-electron chi connectivity index (χ4n) is 2.75. The molecule has 0 aliphatic carbocycles. The van der Waals surface area contributed by atoms with E-state index < -0.39 is 0 Å². The molecule has 2 aromatic rings. The Morgan fingerprint density at radius 2 is 1.95 bits per heavy atom. The van der Waals surface area contributed by atoms with Crippen LogP contribution in [0.15, 0.2) is 33.3 Å². The summed E-state index contributed by atoms with van der Waals surface area (Å²) in [5.74, 6) is 1.09. The van der Waals surface area contributed by atoms with Gasteiger partial charge in [0.15, 0.2) is 5.82 Å². The summed E-state index contributed by atoms with van der Waals surface area (Å²) in [7, 11) is 0. The van der Waals surface area contributed by atoms with Gasteiger partial charge in [-0.05, 0) is 30.5 Å². The Morgan fingerprint density at radius 1 is 1.23 bits per heavy atom. The third-order valence-corrected chi connectivity index (χ3v) is 4.54. The molecule has 1 aromatic carbocycles. The molecule has 7 heteroatoms. The largest absolute Gasteiger partial charge is 0.381 e. The van der Waals surface area contributed by atoms with Gasteiger partial charge in [-0.1, -0.05) is 33.2 Å². The zero-order valence-electron chi connectivity index (χ0n) is 12.2. The first-order valence-electron chi connectivity index (χ1n) is 7.32. The number of nitrogens with zero attached hydrogens (tertiary/aromatic N) is 2. The van der Waals surface area contributed by atoms with E-state index in [4.69, 9.17) is 15.0 Å². The molecule has 3 N–H and O–H groups in total. The number of benzene rings is 1. The third kappa shape index (κ3) is 3.38. The highest BCUT2D eigenvalue weighted by atomic mass is 79.9. The molecule has 0 bridgehead atoms. The number of ether oxygens (including phenoxy) is 1. The molecule has 118 valence electrons. The van der Waals surface area contributed by atoms with E-state index in [2.05, 4.69) is 55.7 Å². The average molecular weight is 367 g/mol. The molecular weight excluding hydrogens is 348 g/mol. The standard InChI is InChI=1S/C15H19BrN4O2/c16-12-3-1-11(2-4-12)15(5-7-21-8-6-15)18-10-13-19-14(9-17)22-20-13/h1-4,18H,5-10,17H2. The number of hydrogen-bond acceptors (Lipinski definition) is 6. The summed E-state index contributed by atoms with van der Waals surface area (Å²) in [6.07, 6.45) is 1.83. The SMILES string of the molecule is NCc1nc(CNC2(c3ccc(Br)cc3)CCOCC2)no1. The topological polar surface area (TPSA) is 86.2 Å². The van der Waals surface area contributed by atoms with Crippen molar-refractivity contribution in [2.24, 2.45) is 5.73 Å². The van der Waals surface area contributed by atoms with Crippen LogP contribution < -0.4 is 11.1 Å². The second-order valence-electron chi connectivity index (χ2n) is 5.36. The van der Waals surface area contributed by atoms with Crippen LogP contribution in [0.2, 0.25) is 0 Å². The average Bonchev–Trinajstić information content (AvgIpc) is 3.03. The van der Waals surface area contributed by atoms with Gasteiger partial charge in [-0.25, -0.2) is 0 Å². The van der Waals surface area contributed by atoms with Crippen LogP contribution in [0.3, 0.4) is 0 Å². The van der Waals surface area contributed by atoms with Crippen LogP contribution in [0.5, 0.6) is 0 Å². The molecule has 0 radical (unpaired) electrons. The molecule has 0 saturated carbocycles. The molecule has 0 spiro atoms. The van der Waals surface area contributed by atoms with Crippen LogP contribution in [-0.4, -0.2) is 23.4 Å². The molecule has 6 nitrogen and oxygen atoms in total. The Balaban J connectivity index is 1.78. The van der Waals surface area contributed by atoms with Crippen molar-refractivity contribution < 1.29 is 9.26 Å². The minimum atomic E-state index is -0.123. The molecule has 2 heterocycles. The van der Waals surface area contributed by atoms with Gasteiger partial charge in [0.1, 0.15) is 0 Å². The van der Waals surface area contributed by atoms with Crippen molar-refractivity contribution in [3.63, 3.8) is 0 Å². The van der Waals surface area contributed by atoms with Crippen molar-refractivity contribution in [2.75, 3.05) is 13.2 Å². The number of halogens is 1. The van der Waals surface area contributed by atoms with Crippen LogP contribution in [0.25, 0.3) is 0 Å². The maximum atomic E-state index is 5.53. The first-order chi connectivity index (χ1) is 10.7. The molecule has 0 atom stereocenters. The molecule has 0 amide bonds. The summed E-state index contributed by atoms with van der Waals surface area (Å²) in [6.45, 7) is 2.28. The van der Waals surface area contributed by atoms with E-state index in [-0.39, 0.29) is 12.1 Å². The lowest BCUT2D eigenvalue weighted by molar-refractivity contribution is 0.0354. The maximum Gasteiger partial charge on any atom is 0.240 e. The molecule has 1 aliphatic rings. The van der Waals surface area contributed by atoms with Crippen LogP contribution in [0.1, 0.15) is 30.1 Å². The Bertz CT molecular complexity index is 608. The highest BCUT2D eigenvalue weighted by Crippen LogP contribution is 2.33. The van der Waals surface area contributed by atoms with Crippen molar-refractivity contribution in [3.8, 4) is 0 Å². The summed E-state index contributed by atoms with van der Waals surface area (Å²) >= 11 is 3.48. The zero-order chi connectivity index (χ0) is 15.4. The second-order valence-corrected chi connectivity index (χ2v) is 6.28. The van der Waals surface area contributed by atoms with Gasteiger partial charge in [0.25, 0.3) is 0 Å². The van der Waals surface area contributed by atoms with Gasteiger partial charge in [-0.15, -0.1) is 0 Å². The van der Waals surface area contributed by atoms with Crippen molar-refractivity contribution in [1.29, 1.82) is 0 Å². The van der Waals surface area contributed by atoms with Crippen molar-refractivity contribution in [3.05, 3.63) is 46.0 Å². The number of rotatable bonds is 5. The summed E-state index contributed by atoms with van der Waals surface area (Å²) in [4.78, 5) is 4.25. The summed E-state index contributed by atoms with van der Waals surface area (Å²) in [6, 6.07) is 8.41. The van der Waals surface area contributed by atoms with E-state index in [0.29, 0.717) is 18.3 Å². The zero-order valence-corrected chi connectivity index (χ0v) is 13.8. The van der Waals surface area contributed by atoms with Gasteiger partial charge in [-0.2, -0.15) is 4.98 Å². The molecule has 1 fully saturated rings. The van der Waals surface area contributed by atoms with E-state index in [0.717, 1.165) is 30.5 Å². The lowest BCUT2D eigenvalue weighted by atomic mass is 9.82. The number of nitrogens with two attached hydrogens (primary N) is 1. The molecular formula is C15H19BrN4O2. The highest BCUT2D eigenvalue weighted by molar-refractivity contribution is 9.10. The van der Waals surface area contributed by atoms with Crippen molar-refractivity contribution in [1.82, 2.24) is 15.5 Å². The maximum absolute atomic E-state index is 5.53. The van der Waals surface area contributed by atoms with E-state index in [1.807, 2.05) is 0 Å². The van der Waals surface area contributed by atoms with Crippen LogP contribution >= 0.6 is 15.9 Å². The third-order valence-electron chi connectivity index (χ3n) is 4.01. The van der Waals surface area contributed by atoms with Crippen LogP contribution in [-0.2, 0) is 23.4 Å². The van der Waals surface area contributed by atoms with Crippen LogP contribution in [0.4, 0.5) is 0 Å². The second kappa shape index (κ2) is 6.87. The molecule has 1 aliphatic heterocycles. The fourth-order valence-corrected chi connectivity index (χ4v) is 3.01. The normalized spacial score (nSPS) is 17.5. The quantitative estimate of drug-likeness (QED) is 0.842. The lowest BCUT2D eigenvalue weighted by Gasteiger charge is -2.38. The molecule has 1 saturated heterocycles. The summed E-state index contributed by atoms with van der Waals surface area (Å²) in [5.41, 5.74) is 6.62. The van der Waals surface area contributed by atoms with E-state index in [1.54, 1.807) is 0 Å². The summed E-state index contributed by atoms with van der Waals surface area (Å²) in [5, 5.41) is 7.55. The van der Waals surface area contributed by atoms with Crippen molar-refractivity contribution in [2.45, 2.75) is 31.5 Å². The first kappa shape index (κ1) is 15.6. The number of hydrogen-bond donors (Lipinski definition) is 2. The number of aromatic nitrogens is 2. The molecule has 3 rings (SSSR count). The van der Waals surface area contributed by atoms with E-state index in [9.17, 15) is 0 Å². The minimum absolute atomic E-state index is 0.123. The Kier molecular flexibility index (Phi) is 4.87. The van der Waals surface area contributed by atoms with Crippen LogP contribution in [0, 0.1) is 0 Å². The molecule has 1 aromatic heterocycles.